The van der Waals surface area contributed by atoms with Crippen molar-refractivity contribution in [3.8, 4) is 6.08 Å². The minimum absolute atomic E-state index is 0.0455. The van der Waals surface area contributed by atoms with Crippen LogP contribution < -0.4 is 10.4 Å². The number of hydrogen-bond acceptors (Lipinski definition) is 5. The summed E-state index contributed by atoms with van der Waals surface area (Å²) in [6.07, 6.45) is 4.91. The summed E-state index contributed by atoms with van der Waals surface area (Å²) >= 11 is 1.57. The summed E-state index contributed by atoms with van der Waals surface area (Å²) in [5, 5.41) is 0.485. The standard InChI is InChI=1S/C19H19NO3S/c1-24-15-10-11-17-16(13-15)18(21)23-19(20-17)22-12-6-5-9-14-7-3-2-4-8-14/h2-4,7-8,10-11,13H,5-6,9,12H2,1H3. The fraction of sp³-hybridized carbons (Fsp3) is 0.263. The second kappa shape index (κ2) is 8.02. The number of aryl methyl sites for hydroxylation is 1. The van der Waals surface area contributed by atoms with Gasteiger partial charge in [-0.05, 0) is 49.3 Å². The predicted octanol–water partition coefficient (Wildman–Crippen LogP) is 4.31. The van der Waals surface area contributed by atoms with E-state index in [2.05, 4.69) is 17.1 Å². The van der Waals surface area contributed by atoms with Crippen molar-refractivity contribution >= 4 is 22.7 Å². The van der Waals surface area contributed by atoms with Crippen LogP contribution >= 0.6 is 11.8 Å². The Kier molecular flexibility index (Phi) is 5.54. The van der Waals surface area contributed by atoms with Crippen molar-refractivity contribution < 1.29 is 9.15 Å². The molecule has 5 heteroatoms. The van der Waals surface area contributed by atoms with E-state index in [9.17, 15) is 4.79 Å². The van der Waals surface area contributed by atoms with Gasteiger partial charge in [0.25, 0.3) is 0 Å². The van der Waals surface area contributed by atoms with E-state index < -0.39 is 5.63 Å². The summed E-state index contributed by atoms with van der Waals surface area (Å²) in [6, 6.07) is 15.9. The van der Waals surface area contributed by atoms with Gasteiger partial charge in [0, 0.05) is 4.90 Å². The number of rotatable bonds is 7. The van der Waals surface area contributed by atoms with Crippen molar-refractivity contribution in [2.45, 2.75) is 24.2 Å². The maximum atomic E-state index is 12.0. The third-order valence-electron chi connectivity index (χ3n) is 3.74. The molecule has 24 heavy (non-hydrogen) atoms. The molecule has 1 heterocycles. The molecule has 2 aromatic carbocycles. The largest absolute Gasteiger partial charge is 0.450 e. The third-order valence-corrected chi connectivity index (χ3v) is 4.47. The van der Waals surface area contributed by atoms with E-state index in [4.69, 9.17) is 9.15 Å². The van der Waals surface area contributed by atoms with Gasteiger partial charge in [0.2, 0.25) is 0 Å². The van der Waals surface area contributed by atoms with E-state index in [0.717, 1.165) is 24.2 Å². The molecule has 4 nitrogen and oxygen atoms in total. The molecule has 0 unspecified atom stereocenters. The number of nitrogens with zero attached hydrogens (tertiary/aromatic N) is 1. The molecule has 0 saturated heterocycles. The maximum absolute atomic E-state index is 12.0. The highest BCUT2D eigenvalue weighted by Crippen LogP contribution is 2.20. The van der Waals surface area contributed by atoms with Crippen LogP contribution in [-0.2, 0) is 6.42 Å². The van der Waals surface area contributed by atoms with Crippen molar-refractivity contribution in [1.82, 2.24) is 4.98 Å². The number of thioether (sulfide) groups is 1. The minimum atomic E-state index is -0.407. The van der Waals surface area contributed by atoms with E-state index in [0.29, 0.717) is 17.5 Å². The number of aromatic nitrogens is 1. The molecule has 0 radical (unpaired) electrons. The van der Waals surface area contributed by atoms with Crippen LogP contribution in [0, 0.1) is 0 Å². The van der Waals surface area contributed by atoms with Gasteiger partial charge >= 0.3 is 11.7 Å². The van der Waals surface area contributed by atoms with Gasteiger partial charge in [-0.2, -0.15) is 4.98 Å². The van der Waals surface area contributed by atoms with Crippen LogP contribution in [0.15, 0.2) is 62.6 Å². The van der Waals surface area contributed by atoms with Gasteiger partial charge in [0.05, 0.1) is 17.5 Å². The summed E-state index contributed by atoms with van der Waals surface area (Å²) in [4.78, 5) is 17.3. The fourth-order valence-corrected chi connectivity index (χ4v) is 2.90. The first-order chi connectivity index (χ1) is 11.8. The van der Waals surface area contributed by atoms with Crippen molar-refractivity contribution in [3.63, 3.8) is 0 Å². The van der Waals surface area contributed by atoms with Gasteiger partial charge in [-0.15, -0.1) is 11.8 Å². The van der Waals surface area contributed by atoms with Crippen LogP contribution in [0.3, 0.4) is 0 Å². The molecular weight excluding hydrogens is 322 g/mol. The lowest BCUT2D eigenvalue weighted by atomic mass is 10.1. The van der Waals surface area contributed by atoms with Crippen LogP contribution in [-0.4, -0.2) is 17.8 Å². The first-order valence-corrected chi connectivity index (χ1v) is 9.14. The monoisotopic (exact) mass is 341 g/mol. The van der Waals surface area contributed by atoms with Crippen LogP contribution in [0.4, 0.5) is 0 Å². The molecule has 0 saturated carbocycles. The summed E-state index contributed by atoms with van der Waals surface area (Å²) in [6.45, 7) is 0.483. The van der Waals surface area contributed by atoms with Gasteiger partial charge in [-0.25, -0.2) is 4.79 Å². The second-order valence-corrected chi connectivity index (χ2v) is 6.32. The fourth-order valence-electron chi connectivity index (χ4n) is 2.46. The van der Waals surface area contributed by atoms with E-state index in [-0.39, 0.29) is 6.08 Å². The maximum Gasteiger partial charge on any atom is 0.397 e. The molecule has 0 aliphatic rings. The normalized spacial score (nSPS) is 10.9. The number of benzene rings is 2. The Morgan fingerprint density at radius 2 is 1.96 bits per heavy atom. The first kappa shape index (κ1) is 16.6. The first-order valence-electron chi connectivity index (χ1n) is 7.92. The smallest absolute Gasteiger partial charge is 0.397 e. The summed E-state index contributed by atoms with van der Waals surface area (Å²) in [5.41, 5.74) is 1.51. The van der Waals surface area contributed by atoms with E-state index in [1.165, 1.54) is 5.56 Å². The Balaban J connectivity index is 1.56. The summed E-state index contributed by atoms with van der Waals surface area (Å²) in [5.74, 6) is 0. The minimum Gasteiger partial charge on any atom is -0.450 e. The van der Waals surface area contributed by atoms with E-state index in [1.54, 1.807) is 17.8 Å². The molecule has 0 amide bonds. The van der Waals surface area contributed by atoms with Crippen molar-refractivity contribution in [2.24, 2.45) is 0 Å². The lowest BCUT2D eigenvalue weighted by Crippen LogP contribution is -2.06. The zero-order chi connectivity index (χ0) is 16.8. The molecule has 0 aliphatic heterocycles. The van der Waals surface area contributed by atoms with E-state index >= 15 is 0 Å². The van der Waals surface area contributed by atoms with Crippen LogP contribution in [0.5, 0.6) is 6.08 Å². The highest BCUT2D eigenvalue weighted by atomic mass is 32.2. The van der Waals surface area contributed by atoms with Crippen LogP contribution in [0.25, 0.3) is 10.9 Å². The highest BCUT2D eigenvalue weighted by Gasteiger charge is 2.08. The van der Waals surface area contributed by atoms with Gasteiger partial charge in [0.1, 0.15) is 0 Å². The molecule has 3 aromatic rings. The second-order valence-electron chi connectivity index (χ2n) is 5.44. The molecule has 0 fully saturated rings. The lowest BCUT2D eigenvalue weighted by Gasteiger charge is -2.05. The lowest BCUT2D eigenvalue weighted by molar-refractivity contribution is 0.212. The van der Waals surface area contributed by atoms with Crippen molar-refractivity contribution in [1.29, 1.82) is 0 Å². The van der Waals surface area contributed by atoms with Crippen LogP contribution in [0.2, 0.25) is 0 Å². The Morgan fingerprint density at radius 3 is 2.75 bits per heavy atom. The molecule has 0 spiro atoms. The van der Waals surface area contributed by atoms with Gasteiger partial charge in [0.15, 0.2) is 0 Å². The Morgan fingerprint density at radius 1 is 1.12 bits per heavy atom. The third kappa shape index (κ3) is 4.17. The van der Waals surface area contributed by atoms with Crippen LogP contribution in [0.1, 0.15) is 18.4 Å². The molecule has 0 aliphatic carbocycles. The Bertz CT molecular complexity index is 861. The van der Waals surface area contributed by atoms with Crippen molar-refractivity contribution in [3.05, 3.63) is 64.5 Å². The van der Waals surface area contributed by atoms with Gasteiger partial charge < -0.3 is 9.15 Å². The molecular formula is C19H19NO3S. The molecule has 0 bridgehead atoms. The Labute approximate surface area is 144 Å². The van der Waals surface area contributed by atoms with E-state index in [1.807, 2.05) is 36.6 Å². The quantitative estimate of drug-likeness (QED) is 0.473. The number of unbranched alkanes of at least 4 members (excludes halogenated alkanes) is 1. The molecule has 0 N–H and O–H groups in total. The molecule has 0 atom stereocenters. The molecule has 124 valence electrons. The zero-order valence-electron chi connectivity index (χ0n) is 13.5. The number of hydrogen-bond donors (Lipinski definition) is 0. The predicted molar refractivity (Wildman–Crippen MR) is 96.9 cm³/mol. The summed E-state index contributed by atoms with van der Waals surface area (Å²) in [7, 11) is 0. The number of ether oxygens (including phenoxy) is 1. The van der Waals surface area contributed by atoms with Gasteiger partial charge in [-0.3, -0.25) is 0 Å². The van der Waals surface area contributed by atoms with Crippen molar-refractivity contribution in [2.75, 3.05) is 12.9 Å². The topological polar surface area (TPSA) is 52.3 Å². The van der Waals surface area contributed by atoms with Gasteiger partial charge in [-0.1, -0.05) is 30.3 Å². The number of fused-ring (bicyclic) bond motifs is 1. The zero-order valence-corrected chi connectivity index (χ0v) is 14.3. The SMILES string of the molecule is CSc1ccc2nc(OCCCCc3ccccc3)oc(=O)c2c1. The average molecular weight is 341 g/mol. The molecule has 1 aromatic heterocycles. The highest BCUT2D eigenvalue weighted by molar-refractivity contribution is 7.98. The summed E-state index contributed by atoms with van der Waals surface area (Å²) < 4.78 is 10.7. The molecule has 3 rings (SSSR count). The average Bonchev–Trinajstić information content (AvgIpc) is 2.62. The Hall–Kier alpha value is -2.27.